The van der Waals surface area contributed by atoms with E-state index in [1.165, 1.54) is 16.6 Å². The summed E-state index contributed by atoms with van der Waals surface area (Å²) in [7, 11) is -3.19. The van der Waals surface area contributed by atoms with E-state index in [1.807, 2.05) is 0 Å². The van der Waals surface area contributed by atoms with Crippen molar-refractivity contribution in [3.63, 3.8) is 0 Å². The molecule has 0 unspecified atom stereocenters. The molecule has 1 aliphatic rings. The minimum absolute atomic E-state index is 0.0940. The van der Waals surface area contributed by atoms with Crippen LogP contribution in [-0.2, 0) is 16.6 Å². The van der Waals surface area contributed by atoms with E-state index in [9.17, 15) is 12.8 Å². The quantitative estimate of drug-likeness (QED) is 0.869. The van der Waals surface area contributed by atoms with Gasteiger partial charge in [0, 0.05) is 6.54 Å². The van der Waals surface area contributed by atoms with E-state index in [1.54, 1.807) is 18.2 Å². The summed E-state index contributed by atoms with van der Waals surface area (Å²) < 4.78 is 43.8. The highest BCUT2D eigenvalue weighted by Gasteiger charge is 2.29. The second kappa shape index (κ2) is 4.99. The molecule has 2 heterocycles. The summed E-state index contributed by atoms with van der Waals surface area (Å²) in [5.74, 6) is 0.334. The monoisotopic (exact) mass is 296 g/mol. The van der Waals surface area contributed by atoms with Crippen molar-refractivity contribution in [2.45, 2.75) is 13.0 Å². The first-order valence-electron chi connectivity index (χ1n) is 6.24. The molecule has 1 aliphatic heterocycles. The summed E-state index contributed by atoms with van der Waals surface area (Å²) in [5, 5.41) is 0. The average Bonchev–Trinajstić information content (AvgIpc) is 2.98. The van der Waals surface area contributed by atoms with Crippen LogP contribution in [0.4, 0.5) is 4.39 Å². The minimum Gasteiger partial charge on any atom is -0.439 e. The molecule has 0 aliphatic carbocycles. The van der Waals surface area contributed by atoms with Crippen LogP contribution in [0.2, 0.25) is 0 Å². The second-order valence-electron chi connectivity index (χ2n) is 4.60. The Morgan fingerprint density at radius 3 is 2.85 bits per heavy atom. The van der Waals surface area contributed by atoms with E-state index < -0.39 is 15.8 Å². The largest absolute Gasteiger partial charge is 0.439 e. The predicted molar refractivity (Wildman–Crippen MR) is 70.7 cm³/mol. The zero-order chi connectivity index (χ0) is 14.2. The Labute approximate surface area is 116 Å². The minimum atomic E-state index is -3.19. The van der Waals surface area contributed by atoms with Gasteiger partial charge in [-0.15, -0.1) is 0 Å². The molecule has 0 amide bonds. The first-order valence-corrected chi connectivity index (χ1v) is 7.84. The maximum atomic E-state index is 13.6. The standard InChI is InChI=1S/C13H13FN2O3S/c14-11-5-2-1-4-10(11)12-8-15-13(19-12)9-16-6-3-7-20(16,17)18/h1-2,4-5,8H,3,6-7,9H2. The van der Waals surface area contributed by atoms with Gasteiger partial charge >= 0.3 is 0 Å². The molecule has 0 spiro atoms. The van der Waals surface area contributed by atoms with Crippen LogP contribution in [0, 0.1) is 5.82 Å². The SMILES string of the molecule is O=S1(=O)CCCN1Cc1ncc(-c2ccccc2F)o1. The van der Waals surface area contributed by atoms with Gasteiger partial charge in [-0.1, -0.05) is 12.1 Å². The second-order valence-corrected chi connectivity index (χ2v) is 6.69. The van der Waals surface area contributed by atoms with Crippen molar-refractivity contribution in [2.75, 3.05) is 12.3 Å². The normalized spacial score (nSPS) is 18.4. The Hall–Kier alpha value is -1.73. The summed E-state index contributed by atoms with van der Waals surface area (Å²) in [6, 6.07) is 6.22. The van der Waals surface area contributed by atoms with Gasteiger partial charge in [0.05, 0.1) is 24.1 Å². The zero-order valence-corrected chi connectivity index (χ0v) is 11.4. The Kier molecular flexibility index (Phi) is 3.31. The summed E-state index contributed by atoms with van der Waals surface area (Å²) >= 11 is 0. The molecular weight excluding hydrogens is 283 g/mol. The molecule has 0 radical (unpaired) electrons. The van der Waals surface area contributed by atoms with Crippen LogP contribution in [-0.4, -0.2) is 30.0 Å². The molecule has 7 heteroatoms. The Balaban J connectivity index is 1.83. The molecule has 106 valence electrons. The van der Waals surface area contributed by atoms with E-state index in [-0.39, 0.29) is 18.2 Å². The maximum absolute atomic E-state index is 13.6. The lowest BCUT2D eigenvalue weighted by Crippen LogP contribution is -2.25. The van der Waals surface area contributed by atoms with Gasteiger partial charge in [0.1, 0.15) is 5.82 Å². The van der Waals surface area contributed by atoms with Crippen LogP contribution in [0.15, 0.2) is 34.9 Å². The molecule has 3 rings (SSSR count). The van der Waals surface area contributed by atoms with Crippen LogP contribution in [0.1, 0.15) is 12.3 Å². The number of hydrogen-bond acceptors (Lipinski definition) is 4. The fourth-order valence-electron chi connectivity index (χ4n) is 2.19. The first kappa shape index (κ1) is 13.3. The third kappa shape index (κ3) is 2.46. The van der Waals surface area contributed by atoms with E-state index in [4.69, 9.17) is 4.42 Å². The Morgan fingerprint density at radius 2 is 2.15 bits per heavy atom. The number of hydrogen-bond donors (Lipinski definition) is 0. The number of nitrogens with zero attached hydrogens (tertiary/aromatic N) is 2. The number of oxazole rings is 1. The number of aromatic nitrogens is 1. The lowest BCUT2D eigenvalue weighted by Gasteiger charge is -2.10. The molecule has 1 aromatic carbocycles. The van der Waals surface area contributed by atoms with Gasteiger partial charge in [-0.3, -0.25) is 0 Å². The van der Waals surface area contributed by atoms with Crippen molar-refractivity contribution < 1.29 is 17.2 Å². The molecule has 0 saturated carbocycles. The van der Waals surface area contributed by atoms with Gasteiger partial charge in [-0.2, -0.15) is 4.31 Å². The van der Waals surface area contributed by atoms with Crippen molar-refractivity contribution in [1.82, 2.24) is 9.29 Å². The van der Waals surface area contributed by atoms with Crippen LogP contribution in [0.25, 0.3) is 11.3 Å². The third-order valence-corrected chi connectivity index (χ3v) is 5.11. The van der Waals surface area contributed by atoms with E-state index in [2.05, 4.69) is 4.98 Å². The first-order chi connectivity index (χ1) is 9.56. The predicted octanol–water partition coefficient (Wildman–Crippen LogP) is 2.02. The van der Waals surface area contributed by atoms with Gasteiger partial charge in [0.2, 0.25) is 15.9 Å². The highest BCUT2D eigenvalue weighted by Crippen LogP contribution is 2.24. The Morgan fingerprint density at radius 1 is 1.35 bits per heavy atom. The number of halogens is 1. The smallest absolute Gasteiger partial charge is 0.214 e. The van der Waals surface area contributed by atoms with Crippen LogP contribution < -0.4 is 0 Å². The van der Waals surface area contributed by atoms with Crippen molar-refractivity contribution in [3.8, 4) is 11.3 Å². The van der Waals surface area contributed by atoms with E-state index in [0.29, 0.717) is 24.3 Å². The van der Waals surface area contributed by atoms with Crippen LogP contribution in [0.5, 0.6) is 0 Å². The summed E-state index contributed by atoms with van der Waals surface area (Å²) in [4.78, 5) is 4.02. The molecule has 5 nitrogen and oxygen atoms in total. The summed E-state index contributed by atoms with van der Waals surface area (Å²) in [5.41, 5.74) is 0.315. The van der Waals surface area contributed by atoms with Gasteiger partial charge in [-0.05, 0) is 18.6 Å². The summed E-state index contributed by atoms with van der Waals surface area (Å²) in [6.07, 6.45) is 2.03. The molecule has 1 aromatic heterocycles. The lowest BCUT2D eigenvalue weighted by atomic mass is 10.2. The topological polar surface area (TPSA) is 63.4 Å². The average molecular weight is 296 g/mol. The molecule has 20 heavy (non-hydrogen) atoms. The fourth-order valence-corrected chi connectivity index (χ4v) is 3.66. The lowest BCUT2D eigenvalue weighted by molar-refractivity contribution is 0.378. The molecule has 1 fully saturated rings. The molecule has 0 N–H and O–H groups in total. The zero-order valence-electron chi connectivity index (χ0n) is 10.6. The van der Waals surface area contributed by atoms with Gasteiger partial charge < -0.3 is 4.42 Å². The maximum Gasteiger partial charge on any atom is 0.214 e. The molecule has 0 atom stereocenters. The fraction of sp³-hybridized carbons (Fsp3) is 0.308. The van der Waals surface area contributed by atoms with Crippen LogP contribution >= 0.6 is 0 Å². The number of rotatable bonds is 3. The van der Waals surface area contributed by atoms with Crippen molar-refractivity contribution >= 4 is 10.0 Å². The number of benzene rings is 1. The van der Waals surface area contributed by atoms with Crippen LogP contribution in [0.3, 0.4) is 0 Å². The van der Waals surface area contributed by atoms with Crippen molar-refractivity contribution in [2.24, 2.45) is 0 Å². The molecule has 0 bridgehead atoms. The molecule has 2 aromatic rings. The van der Waals surface area contributed by atoms with Gasteiger partial charge in [0.15, 0.2) is 5.76 Å². The van der Waals surface area contributed by atoms with E-state index >= 15 is 0 Å². The number of sulfonamides is 1. The van der Waals surface area contributed by atoms with Gasteiger partial charge in [-0.25, -0.2) is 17.8 Å². The Bertz CT molecular complexity index is 727. The highest BCUT2D eigenvalue weighted by molar-refractivity contribution is 7.89. The molecular formula is C13H13FN2O3S. The molecule has 1 saturated heterocycles. The van der Waals surface area contributed by atoms with Gasteiger partial charge in [0.25, 0.3) is 0 Å². The third-order valence-electron chi connectivity index (χ3n) is 3.21. The highest BCUT2D eigenvalue weighted by atomic mass is 32.2. The van der Waals surface area contributed by atoms with Crippen molar-refractivity contribution in [3.05, 3.63) is 42.2 Å². The summed E-state index contributed by atoms with van der Waals surface area (Å²) in [6.45, 7) is 0.566. The van der Waals surface area contributed by atoms with E-state index in [0.717, 1.165) is 0 Å². The van der Waals surface area contributed by atoms with Crippen molar-refractivity contribution in [1.29, 1.82) is 0 Å².